The molecule has 39 heavy (non-hydrogen) atoms. The van der Waals surface area contributed by atoms with Gasteiger partial charge in [-0.15, -0.1) is 0 Å². The van der Waals surface area contributed by atoms with Crippen molar-refractivity contribution in [3.63, 3.8) is 0 Å². The van der Waals surface area contributed by atoms with Crippen LogP contribution in [0.5, 0.6) is 0 Å². The molecule has 3 aromatic rings. The van der Waals surface area contributed by atoms with Crippen molar-refractivity contribution in [3.8, 4) is 0 Å². The first-order valence-corrected chi connectivity index (χ1v) is 12.8. The molecule has 2 aliphatic heterocycles. The number of morpholine rings is 1. The van der Waals surface area contributed by atoms with Crippen molar-refractivity contribution >= 4 is 40.6 Å². The Morgan fingerprint density at radius 2 is 1.82 bits per heavy atom. The zero-order valence-electron chi connectivity index (χ0n) is 20.7. The number of nitrogens with zero attached hydrogens (tertiary/aromatic N) is 5. The normalized spacial score (nSPS) is 22.2. The minimum absolute atomic E-state index is 0.0385. The second-order valence-electron chi connectivity index (χ2n) is 9.72. The molecule has 0 radical (unpaired) electrons. The second-order valence-corrected chi connectivity index (χ2v) is 10.1. The first-order chi connectivity index (χ1) is 18.6. The van der Waals surface area contributed by atoms with Crippen LogP contribution in [0.1, 0.15) is 48.7 Å². The van der Waals surface area contributed by atoms with E-state index in [1.54, 1.807) is 17.3 Å². The third kappa shape index (κ3) is 5.42. The summed E-state index contributed by atoms with van der Waals surface area (Å²) in [5.74, 6) is 1.36. The predicted molar refractivity (Wildman–Crippen MR) is 138 cm³/mol. The van der Waals surface area contributed by atoms with Gasteiger partial charge < -0.3 is 15.4 Å². The van der Waals surface area contributed by atoms with Crippen LogP contribution in [0.3, 0.4) is 0 Å². The second kappa shape index (κ2) is 9.81. The van der Waals surface area contributed by atoms with Gasteiger partial charge in [0.1, 0.15) is 12.4 Å². The summed E-state index contributed by atoms with van der Waals surface area (Å²) >= 11 is 5.68. The molecular weight excluding hydrogens is 537 g/mol. The lowest BCUT2D eigenvalue weighted by Crippen LogP contribution is -2.54. The van der Waals surface area contributed by atoms with E-state index in [1.807, 2.05) is 13.0 Å². The summed E-state index contributed by atoms with van der Waals surface area (Å²) < 4.78 is 45.6. The Hall–Kier alpha value is -3.68. The number of amides is 2. The van der Waals surface area contributed by atoms with E-state index in [4.69, 9.17) is 16.3 Å². The molecule has 3 heterocycles. The monoisotopic (exact) mass is 560 g/mol. The lowest BCUT2D eigenvalue weighted by Gasteiger charge is -2.40. The standard InChI is InChI=1S/C25H24ClF3N8O2/c1-13-10-36-11-21(39-13)22-30-12-31-23(34-22)37(36)35-20-9-16(4-6-17(20)14-2-3-14)33-24(38)32-15-5-7-19(26)18(8-15)25(27,28)29/h4-9,12-14,21,35H,2-3,10-11H2,1H3,(H2,32,33,38). The number of fused-ring (bicyclic) bond motifs is 5. The number of aromatic nitrogens is 3. The maximum Gasteiger partial charge on any atom is 0.417 e. The van der Waals surface area contributed by atoms with Crippen molar-refractivity contribution in [2.45, 2.75) is 44.1 Å². The van der Waals surface area contributed by atoms with Gasteiger partial charge in [-0.25, -0.2) is 9.78 Å². The molecule has 204 valence electrons. The number of carbonyl (C=O) groups is 1. The summed E-state index contributed by atoms with van der Waals surface area (Å²) in [7, 11) is 0. The van der Waals surface area contributed by atoms with Crippen LogP contribution in [-0.4, -0.2) is 45.2 Å². The largest absolute Gasteiger partial charge is 0.417 e. The maximum atomic E-state index is 13.2. The Balaban J connectivity index is 1.24. The maximum absolute atomic E-state index is 13.2. The van der Waals surface area contributed by atoms with Crippen molar-refractivity contribution in [3.05, 3.63) is 64.7 Å². The van der Waals surface area contributed by atoms with Gasteiger partial charge in [-0.3, -0.25) is 5.43 Å². The van der Waals surface area contributed by atoms with Crippen molar-refractivity contribution in [1.82, 2.24) is 20.0 Å². The van der Waals surface area contributed by atoms with Gasteiger partial charge >= 0.3 is 12.2 Å². The number of rotatable bonds is 5. The zero-order chi connectivity index (χ0) is 27.3. The van der Waals surface area contributed by atoms with E-state index in [0.29, 0.717) is 36.5 Å². The van der Waals surface area contributed by atoms with Crippen LogP contribution in [-0.2, 0) is 10.9 Å². The van der Waals surface area contributed by atoms with Crippen LogP contribution < -0.4 is 21.2 Å². The van der Waals surface area contributed by atoms with E-state index < -0.39 is 22.8 Å². The third-order valence-corrected chi connectivity index (χ3v) is 6.99. The van der Waals surface area contributed by atoms with Crippen molar-refractivity contribution in [2.24, 2.45) is 0 Å². The smallest absolute Gasteiger partial charge is 0.364 e. The highest BCUT2D eigenvalue weighted by Gasteiger charge is 2.37. The Kier molecular flexibility index (Phi) is 6.44. The van der Waals surface area contributed by atoms with Gasteiger partial charge in [-0.1, -0.05) is 17.7 Å². The number of urea groups is 1. The van der Waals surface area contributed by atoms with Crippen LogP contribution in [0.2, 0.25) is 5.02 Å². The molecule has 1 saturated heterocycles. The van der Waals surface area contributed by atoms with Crippen molar-refractivity contribution in [2.75, 3.05) is 34.3 Å². The first kappa shape index (κ1) is 25.6. The highest BCUT2D eigenvalue weighted by molar-refractivity contribution is 6.31. The lowest BCUT2D eigenvalue weighted by atomic mass is 10.1. The molecule has 1 saturated carbocycles. The highest BCUT2D eigenvalue weighted by Crippen LogP contribution is 2.45. The fraction of sp³-hybridized carbons (Fsp3) is 0.360. The van der Waals surface area contributed by atoms with Crippen LogP contribution in [0.25, 0.3) is 0 Å². The van der Waals surface area contributed by atoms with Crippen LogP contribution in [0.15, 0.2) is 42.7 Å². The molecule has 2 amide bonds. The molecule has 3 unspecified atom stereocenters. The number of nitrogens with one attached hydrogen (secondary N) is 3. The first-order valence-electron chi connectivity index (χ1n) is 12.4. The number of ether oxygens (including phenoxy) is 1. The van der Waals surface area contributed by atoms with E-state index in [9.17, 15) is 18.0 Å². The summed E-state index contributed by atoms with van der Waals surface area (Å²) in [4.78, 5) is 25.9. The van der Waals surface area contributed by atoms with Gasteiger partial charge in [-0.05, 0) is 61.6 Å². The van der Waals surface area contributed by atoms with E-state index in [-0.39, 0.29) is 17.9 Å². The molecule has 3 N–H and O–H groups in total. The van der Waals surface area contributed by atoms with E-state index in [2.05, 4.69) is 36.0 Å². The van der Waals surface area contributed by atoms with Crippen molar-refractivity contribution < 1.29 is 22.7 Å². The number of anilines is 4. The van der Waals surface area contributed by atoms with E-state index in [0.717, 1.165) is 36.2 Å². The van der Waals surface area contributed by atoms with Gasteiger partial charge in [0.05, 0.1) is 28.9 Å². The number of carbonyl (C=O) groups excluding carboxylic acids is 1. The lowest BCUT2D eigenvalue weighted by molar-refractivity contribution is -0.137. The fourth-order valence-electron chi connectivity index (χ4n) is 4.75. The predicted octanol–water partition coefficient (Wildman–Crippen LogP) is 5.59. The van der Waals surface area contributed by atoms with Gasteiger partial charge in [0.15, 0.2) is 5.82 Å². The number of halogens is 4. The van der Waals surface area contributed by atoms with Crippen molar-refractivity contribution in [1.29, 1.82) is 0 Å². The molecule has 14 heteroatoms. The average molecular weight is 561 g/mol. The van der Waals surface area contributed by atoms with Gasteiger partial charge in [-0.2, -0.15) is 33.3 Å². The minimum atomic E-state index is -4.64. The van der Waals surface area contributed by atoms with Crippen LogP contribution in [0, 0.1) is 0 Å². The molecule has 2 fully saturated rings. The Bertz CT molecular complexity index is 1420. The van der Waals surface area contributed by atoms with E-state index in [1.165, 1.54) is 12.4 Å². The molecule has 3 atom stereocenters. The van der Waals surface area contributed by atoms with Crippen LogP contribution >= 0.6 is 11.6 Å². The summed E-state index contributed by atoms with van der Waals surface area (Å²) in [5, 5.41) is 8.53. The average Bonchev–Trinajstić information content (AvgIpc) is 3.73. The molecule has 1 aromatic heterocycles. The molecule has 0 spiro atoms. The third-order valence-electron chi connectivity index (χ3n) is 6.66. The summed E-state index contributed by atoms with van der Waals surface area (Å²) in [6.45, 7) is 3.12. The molecule has 1 aliphatic carbocycles. The van der Waals surface area contributed by atoms with E-state index >= 15 is 0 Å². The summed E-state index contributed by atoms with van der Waals surface area (Å²) in [6, 6.07) is 7.97. The van der Waals surface area contributed by atoms with Crippen LogP contribution in [0.4, 0.5) is 41.0 Å². The number of benzene rings is 2. The number of hydrazine groups is 2. The summed E-state index contributed by atoms with van der Waals surface area (Å²) in [5.41, 5.74) is 4.64. The topological polar surface area (TPSA) is 108 Å². The highest BCUT2D eigenvalue weighted by atomic mass is 35.5. The molecule has 4 bridgehead atoms. The molecule has 6 rings (SSSR count). The quantitative estimate of drug-likeness (QED) is 0.371. The number of hydrogen-bond acceptors (Lipinski definition) is 8. The molecule has 2 aromatic carbocycles. The number of alkyl halides is 3. The number of hydrogen-bond donors (Lipinski definition) is 3. The molecule has 3 aliphatic rings. The molecular formula is C25H24ClF3N8O2. The van der Waals surface area contributed by atoms with Gasteiger partial charge in [0.2, 0.25) is 0 Å². The van der Waals surface area contributed by atoms with Gasteiger partial charge in [0, 0.05) is 17.9 Å². The SMILES string of the molecule is CC1CN2CC(O1)c1ncnc(n1)N2Nc1cc(NC(=O)Nc2ccc(Cl)c(C(F)(F)F)c2)ccc1C1CC1. The van der Waals surface area contributed by atoms with Gasteiger partial charge in [0.25, 0.3) is 5.95 Å². The Morgan fingerprint density at radius 3 is 2.56 bits per heavy atom. The molecule has 10 nitrogen and oxygen atoms in total. The minimum Gasteiger partial charge on any atom is -0.364 e. The Morgan fingerprint density at radius 1 is 1.08 bits per heavy atom. The zero-order valence-corrected chi connectivity index (χ0v) is 21.4. The Labute approximate surface area is 226 Å². The fourth-order valence-corrected chi connectivity index (χ4v) is 4.97. The summed E-state index contributed by atoms with van der Waals surface area (Å²) in [6.07, 6.45) is -1.44.